The third-order valence-corrected chi connectivity index (χ3v) is 1.61. The van der Waals surface area contributed by atoms with Crippen molar-refractivity contribution in [2.75, 3.05) is 0 Å². The van der Waals surface area contributed by atoms with Crippen LogP contribution in [-0.4, -0.2) is 27.1 Å². The molecule has 5 nitrogen and oxygen atoms in total. The highest BCUT2D eigenvalue weighted by Gasteiger charge is 2.11. The highest BCUT2D eigenvalue weighted by molar-refractivity contribution is 6.32. The second-order valence-corrected chi connectivity index (χ2v) is 2.77. The number of nitrogens with zero attached hydrogens (tertiary/aromatic N) is 1. The van der Waals surface area contributed by atoms with Gasteiger partial charge in [0.15, 0.2) is 0 Å². The van der Waals surface area contributed by atoms with Gasteiger partial charge in [-0.1, -0.05) is 0 Å². The van der Waals surface area contributed by atoms with E-state index in [1.807, 2.05) is 6.92 Å². The molecular formula is C8H10N2O3. The minimum Gasteiger partial charge on any atom is -0.476 e. The van der Waals surface area contributed by atoms with Crippen molar-refractivity contribution in [2.45, 2.75) is 19.8 Å². The molecule has 0 aliphatic rings. The molecule has 0 spiro atoms. The lowest BCUT2D eigenvalue weighted by molar-refractivity contribution is -0.149. The number of carboxylic acids is 1. The monoisotopic (exact) mass is 182 g/mol. The van der Waals surface area contributed by atoms with E-state index in [1.165, 1.54) is 0 Å². The summed E-state index contributed by atoms with van der Waals surface area (Å²) < 4.78 is 0. The molecule has 13 heavy (non-hydrogen) atoms. The average molecular weight is 182 g/mol. The minimum absolute atomic E-state index is 0.000370. The fourth-order valence-corrected chi connectivity index (χ4v) is 0.951. The van der Waals surface area contributed by atoms with Gasteiger partial charge in [0.2, 0.25) is 5.78 Å². The van der Waals surface area contributed by atoms with Gasteiger partial charge < -0.3 is 5.11 Å². The Labute approximate surface area is 74.8 Å². The summed E-state index contributed by atoms with van der Waals surface area (Å²) in [4.78, 5) is 20.8. The van der Waals surface area contributed by atoms with Crippen LogP contribution in [0.5, 0.6) is 0 Å². The van der Waals surface area contributed by atoms with Gasteiger partial charge in [-0.25, -0.2) is 4.79 Å². The standard InChI is InChI=1S/C8H10N2O3/c1-5-4-6(10-9-5)2-3-7(11)8(12)13/h4H,2-3H2,1H3,(H,9,10)(H,12,13). The molecule has 0 aliphatic heterocycles. The molecule has 1 rings (SSSR count). The molecule has 5 heteroatoms. The predicted octanol–water partition coefficient (Wildman–Crippen LogP) is 0.304. The molecule has 0 atom stereocenters. The molecule has 0 fully saturated rings. The van der Waals surface area contributed by atoms with Crippen molar-refractivity contribution in [2.24, 2.45) is 0 Å². The van der Waals surface area contributed by atoms with Gasteiger partial charge in [0, 0.05) is 12.1 Å². The highest BCUT2D eigenvalue weighted by Crippen LogP contribution is 2.01. The summed E-state index contributed by atoms with van der Waals surface area (Å²) in [5, 5.41) is 14.9. The van der Waals surface area contributed by atoms with Crippen LogP contribution in [0.2, 0.25) is 0 Å². The molecule has 70 valence electrons. The van der Waals surface area contributed by atoms with Gasteiger partial charge in [-0.05, 0) is 19.4 Å². The van der Waals surface area contributed by atoms with E-state index in [9.17, 15) is 9.59 Å². The molecule has 1 aromatic rings. The van der Waals surface area contributed by atoms with Crippen molar-refractivity contribution in [3.05, 3.63) is 17.5 Å². The zero-order valence-electron chi connectivity index (χ0n) is 7.20. The summed E-state index contributed by atoms with van der Waals surface area (Å²) >= 11 is 0. The van der Waals surface area contributed by atoms with Crippen LogP contribution in [0.15, 0.2) is 6.07 Å². The number of carbonyl (C=O) groups is 2. The van der Waals surface area contributed by atoms with Crippen LogP contribution >= 0.6 is 0 Å². The van der Waals surface area contributed by atoms with Crippen LogP contribution in [0.3, 0.4) is 0 Å². The minimum atomic E-state index is -1.38. The fourth-order valence-electron chi connectivity index (χ4n) is 0.951. The zero-order valence-corrected chi connectivity index (χ0v) is 7.20. The molecule has 2 N–H and O–H groups in total. The lowest BCUT2D eigenvalue weighted by atomic mass is 10.2. The lowest BCUT2D eigenvalue weighted by Gasteiger charge is -1.91. The number of aromatic amines is 1. The molecule has 0 bridgehead atoms. The summed E-state index contributed by atoms with van der Waals surface area (Å²) in [5.41, 5.74) is 1.62. The molecule has 0 radical (unpaired) electrons. The van der Waals surface area contributed by atoms with Gasteiger partial charge in [0.05, 0.1) is 5.69 Å². The summed E-state index contributed by atoms with van der Waals surface area (Å²) in [7, 11) is 0. The van der Waals surface area contributed by atoms with Crippen molar-refractivity contribution in [3.63, 3.8) is 0 Å². The maximum atomic E-state index is 10.7. The van der Waals surface area contributed by atoms with E-state index in [1.54, 1.807) is 6.07 Å². The maximum Gasteiger partial charge on any atom is 0.372 e. The van der Waals surface area contributed by atoms with Crippen molar-refractivity contribution in [1.82, 2.24) is 10.2 Å². The summed E-state index contributed by atoms with van der Waals surface area (Å²) in [6.45, 7) is 1.84. The third kappa shape index (κ3) is 2.70. The molecule has 0 unspecified atom stereocenters. The lowest BCUT2D eigenvalue weighted by Crippen LogP contribution is -2.12. The molecule has 0 aliphatic carbocycles. The van der Waals surface area contributed by atoms with Crippen LogP contribution in [0.25, 0.3) is 0 Å². The molecular weight excluding hydrogens is 172 g/mol. The van der Waals surface area contributed by atoms with Gasteiger partial charge in [0.1, 0.15) is 0 Å². The number of hydrogen-bond donors (Lipinski definition) is 2. The summed E-state index contributed by atoms with van der Waals surface area (Å²) in [5.74, 6) is -2.16. The molecule has 0 amide bonds. The molecule has 1 aromatic heterocycles. The highest BCUT2D eigenvalue weighted by atomic mass is 16.4. The van der Waals surface area contributed by atoms with Gasteiger partial charge in [-0.2, -0.15) is 5.10 Å². The van der Waals surface area contributed by atoms with Crippen LogP contribution in [0.1, 0.15) is 17.8 Å². The average Bonchev–Trinajstić information content (AvgIpc) is 2.47. The molecule has 0 saturated carbocycles. The van der Waals surface area contributed by atoms with Crippen LogP contribution in [-0.2, 0) is 16.0 Å². The van der Waals surface area contributed by atoms with E-state index < -0.39 is 11.8 Å². The Morgan fingerprint density at radius 1 is 1.62 bits per heavy atom. The number of rotatable bonds is 4. The van der Waals surface area contributed by atoms with Crippen molar-refractivity contribution >= 4 is 11.8 Å². The Morgan fingerprint density at radius 2 is 2.31 bits per heavy atom. The van der Waals surface area contributed by atoms with Crippen molar-refractivity contribution < 1.29 is 14.7 Å². The zero-order chi connectivity index (χ0) is 9.84. The number of aliphatic carboxylic acids is 1. The Kier molecular flexibility index (Phi) is 2.79. The van der Waals surface area contributed by atoms with E-state index in [0.29, 0.717) is 12.1 Å². The normalized spacial score (nSPS) is 9.92. The number of aromatic nitrogens is 2. The number of Topliss-reactive ketones (excluding diaryl/α,β-unsaturated/α-hetero) is 1. The fraction of sp³-hybridized carbons (Fsp3) is 0.375. The second-order valence-electron chi connectivity index (χ2n) is 2.77. The van der Waals surface area contributed by atoms with Gasteiger partial charge in [-0.3, -0.25) is 9.89 Å². The topological polar surface area (TPSA) is 83.1 Å². The van der Waals surface area contributed by atoms with E-state index in [4.69, 9.17) is 5.11 Å². The van der Waals surface area contributed by atoms with E-state index in [0.717, 1.165) is 5.69 Å². The van der Waals surface area contributed by atoms with Gasteiger partial charge in [-0.15, -0.1) is 0 Å². The number of ketones is 1. The number of carboxylic acid groups (broad SMARTS) is 1. The first-order valence-corrected chi connectivity index (χ1v) is 3.86. The Bertz CT molecular complexity index is 330. The predicted molar refractivity (Wildman–Crippen MR) is 44.3 cm³/mol. The van der Waals surface area contributed by atoms with Crippen molar-refractivity contribution in [3.8, 4) is 0 Å². The van der Waals surface area contributed by atoms with Crippen LogP contribution in [0.4, 0.5) is 0 Å². The number of nitrogens with one attached hydrogen (secondary N) is 1. The number of H-pyrrole nitrogens is 1. The Balaban J connectivity index is 2.44. The summed E-state index contributed by atoms with van der Waals surface area (Å²) in [6.07, 6.45) is 0.370. The molecule has 1 heterocycles. The Hall–Kier alpha value is -1.65. The van der Waals surface area contributed by atoms with Crippen LogP contribution in [0, 0.1) is 6.92 Å². The van der Waals surface area contributed by atoms with Crippen LogP contribution < -0.4 is 0 Å². The SMILES string of the molecule is Cc1cc(CCC(=O)C(=O)O)n[nH]1. The van der Waals surface area contributed by atoms with E-state index >= 15 is 0 Å². The van der Waals surface area contributed by atoms with E-state index in [-0.39, 0.29) is 6.42 Å². The molecule has 0 saturated heterocycles. The number of aryl methyl sites for hydroxylation is 2. The summed E-state index contributed by atoms with van der Waals surface area (Å²) in [6, 6.07) is 1.79. The number of hydrogen-bond acceptors (Lipinski definition) is 3. The first kappa shape index (κ1) is 9.44. The van der Waals surface area contributed by atoms with E-state index in [2.05, 4.69) is 10.2 Å². The largest absolute Gasteiger partial charge is 0.476 e. The Morgan fingerprint density at radius 3 is 2.77 bits per heavy atom. The smallest absolute Gasteiger partial charge is 0.372 e. The first-order chi connectivity index (χ1) is 6.09. The van der Waals surface area contributed by atoms with Gasteiger partial charge in [0.25, 0.3) is 0 Å². The van der Waals surface area contributed by atoms with Gasteiger partial charge >= 0.3 is 5.97 Å². The first-order valence-electron chi connectivity index (χ1n) is 3.86. The maximum absolute atomic E-state index is 10.7. The van der Waals surface area contributed by atoms with Crippen molar-refractivity contribution in [1.29, 1.82) is 0 Å². The second kappa shape index (κ2) is 3.84. The number of carbonyl (C=O) groups excluding carboxylic acids is 1. The molecule has 0 aromatic carbocycles. The quantitative estimate of drug-likeness (QED) is 0.656. The third-order valence-electron chi connectivity index (χ3n) is 1.61.